The van der Waals surface area contributed by atoms with Gasteiger partial charge in [0.2, 0.25) is 5.91 Å². The van der Waals surface area contributed by atoms with Crippen LogP contribution in [0.5, 0.6) is 0 Å². The Bertz CT molecular complexity index is 628. The second-order valence-electron chi connectivity index (χ2n) is 5.93. The zero-order chi connectivity index (χ0) is 16.7. The molecule has 5 nitrogen and oxygen atoms in total. The van der Waals surface area contributed by atoms with Crippen LogP contribution < -0.4 is 5.32 Å². The molecule has 23 heavy (non-hydrogen) atoms. The molecule has 0 unspecified atom stereocenters. The van der Waals surface area contributed by atoms with E-state index in [0.29, 0.717) is 13.0 Å². The Morgan fingerprint density at radius 2 is 2.09 bits per heavy atom. The summed E-state index contributed by atoms with van der Waals surface area (Å²) in [5, 5.41) is 2.83. The van der Waals surface area contributed by atoms with Crippen molar-refractivity contribution in [2.24, 2.45) is 0 Å². The number of benzene rings is 1. The summed E-state index contributed by atoms with van der Waals surface area (Å²) in [6.07, 6.45) is 3.15. The van der Waals surface area contributed by atoms with E-state index in [0.717, 1.165) is 13.0 Å². The molecule has 1 aromatic rings. The number of nitrogens with zero attached hydrogens (tertiary/aromatic N) is 1. The average Bonchev–Trinajstić information content (AvgIpc) is 2.85. The number of nitrogens with one attached hydrogen (secondary N) is 1. The van der Waals surface area contributed by atoms with Gasteiger partial charge >= 0.3 is 0 Å². The average molecular weight is 336 g/mol. The predicted molar refractivity (Wildman–Crippen MR) is 92.0 cm³/mol. The molecular weight excluding hydrogens is 312 g/mol. The molecule has 1 atom stereocenters. The van der Waals surface area contributed by atoms with E-state index < -0.39 is 9.84 Å². The van der Waals surface area contributed by atoms with Crippen LogP contribution in [-0.2, 0) is 21.1 Å². The third kappa shape index (κ3) is 6.15. The van der Waals surface area contributed by atoms with Crippen molar-refractivity contribution in [1.29, 1.82) is 0 Å². The molecule has 1 heterocycles. The van der Waals surface area contributed by atoms with Gasteiger partial charge in [0.25, 0.3) is 0 Å². The van der Waals surface area contributed by atoms with Crippen LogP contribution in [0.3, 0.4) is 0 Å². The molecule has 1 aliphatic rings. The molecule has 1 N–H and O–H groups in total. The normalized spacial score (nSPS) is 19.6. The lowest BCUT2D eigenvalue weighted by molar-refractivity contribution is -0.122. The molecule has 0 aliphatic carbocycles. The van der Waals surface area contributed by atoms with Gasteiger partial charge in [0.15, 0.2) is 9.84 Å². The molecule has 0 radical (unpaired) electrons. The summed E-state index contributed by atoms with van der Waals surface area (Å²) in [6, 6.07) is 9.87. The van der Waals surface area contributed by atoms with Crippen molar-refractivity contribution in [3.8, 4) is 0 Å². The van der Waals surface area contributed by atoms with Crippen LogP contribution in [0.25, 0.3) is 0 Å². The van der Waals surface area contributed by atoms with Crippen molar-refractivity contribution in [2.45, 2.75) is 18.9 Å². The lowest BCUT2D eigenvalue weighted by Crippen LogP contribution is -2.43. The number of sulfone groups is 1. The molecule has 0 spiro atoms. The van der Waals surface area contributed by atoms with Crippen LogP contribution in [0.2, 0.25) is 0 Å². The zero-order valence-corrected chi connectivity index (χ0v) is 14.1. The highest BCUT2D eigenvalue weighted by molar-refractivity contribution is 7.91. The minimum absolute atomic E-state index is 0.0597. The fourth-order valence-corrected chi connectivity index (χ4v) is 4.41. The van der Waals surface area contributed by atoms with Gasteiger partial charge in [0.1, 0.15) is 0 Å². The third-order valence-corrected chi connectivity index (χ3v) is 5.68. The summed E-state index contributed by atoms with van der Waals surface area (Å²) in [5.74, 6) is 0.106. The van der Waals surface area contributed by atoms with E-state index in [4.69, 9.17) is 0 Å². The standard InChI is InChI=1S/C17H24N2O3S/c1-2-10-19(11-8-15-6-4-3-5-7-15)13-17(20)18-16-9-12-23(21,22)14-16/h2-7,16H,1,8-14H2,(H,18,20)/t16-/m0/s1. The van der Waals surface area contributed by atoms with E-state index in [-0.39, 0.29) is 30.0 Å². The minimum atomic E-state index is -2.97. The maximum atomic E-state index is 12.1. The first kappa shape index (κ1) is 17.7. The number of carbonyl (C=O) groups is 1. The van der Waals surface area contributed by atoms with Crippen molar-refractivity contribution < 1.29 is 13.2 Å². The van der Waals surface area contributed by atoms with Gasteiger partial charge in [0.05, 0.1) is 18.1 Å². The van der Waals surface area contributed by atoms with E-state index in [1.54, 1.807) is 6.08 Å². The summed E-state index contributed by atoms with van der Waals surface area (Å²) in [6.45, 7) is 5.38. The van der Waals surface area contributed by atoms with E-state index in [1.807, 2.05) is 23.1 Å². The summed E-state index contributed by atoms with van der Waals surface area (Å²) >= 11 is 0. The largest absolute Gasteiger partial charge is 0.351 e. The number of rotatable bonds is 8. The van der Waals surface area contributed by atoms with Crippen LogP contribution >= 0.6 is 0 Å². The van der Waals surface area contributed by atoms with Crippen LogP contribution in [0.4, 0.5) is 0 Å². The Labute approximate surface area is 138 Å². The predicted octanol–water partition coefficient (Wildman–Crippen LogP) is 1.02. The Morgan fingerprint density at radius 3 is 2.70 bits per heavy atom. The van der Waals surface area contributed by atoms with Crippen molar-refractivity contribution in [3.05, 3.63) is 48.6 Å². The number of amides is 1. The van der Waals surface area contributed by atoms with E-state index in [9.17, 15) is 13.2 Å². The van der Waals surface area contributed by atoms with Gasteiger partial charge in [0, 0.05) is 19.1 Å². The lowest BCUT2D eigenvalue weighted by atomic mass is 10.1. The molecule has 126 valence electrons. The zero-order valence-electron chi connectivity index (χ0n) is 13.3. The monoisotopic (exact) mass is 336 g/mol. The van der Waals surface area contributed by atoms with Gasteiger partial charge in [-0.15, -0.1) is 6.58 Å². The SMILES string of the molecule is C=CCN(CCc1ccccc1)CC(=O)N[C@H]1CCS(=O)(=O)C1. The fraction of sp³-hybridized carbons (Fsp3) is 0.471. The van der Waals surface area contributed by atoms with Crippen molar-refractivity contribution >= 4 is 15.7 Å². The summed E-state index contributed by atoms with van der Waals surface area (Å²) in [4.78, 5) is 14.1. The highest BCUT2D eigenvalue weighted by Gasteiger charge is 2.29. The molecule has 1 amide bonds. The first-order valence-electron chi connectivity index (χ1n) is 7.85. The maximum Gasteiger partial charge on any atom is 0.234 e. The Kier molecular flexibility index (Phi) is 6.36. The Morgan fingerprint density at radius 1 is 1.35 bits per heavy atom. The first-order valence-corrected chi connectivity index (χ1v) is 9.67. The second-order valence-corrected chi connectivity index (χ2v) is 8.16. The van der Waals surface area contributed by atoms with Crippen LogP contribution in [0.1, 0.15) is 12.0 Å². The summed E-state index contributed by atoms with van der Waals surface area (Å²) in [7, 11) is -2.97. The summed E-state index contributed by atoms with van der Waals surface area (Å²) in [5.41, 5.74) is 1.23. The molecule has 1 fully saturated rings. The summed E-state index contributed by atoms with van der Waals surface area (Å²) < 4.78 is 22.9. The fourth-order valence-electron chi connectivity index (χ4n) is 2.73. The molecule has 1 aliphatic heterocycles. The van der Waals surface area contributed by atoms with Gasteiger partial charge in [-0.25, -0.2) is 8.42 Å². The van der Waals surface area contributed by atoms with Crippen LogP contribution in [-0.4, -0.2) is 56.4 Å². The van der Waals surface area contributed by atoms with Gasteiger partial charge in [-0.3, -0.25) is 9.69 Å². The van der Waals surface area contributed by atoms with Crippen molar-refractivity contribution in [1.82, 2.24) is 10.2 Å². The molecule has 1 aromatic carbocycles. The molecule has 0 aromatic heterocycles. The second kappa shape index (κ2) is 8.26. The quantitative estimate of drug-likeness (QED) is 0.720. The minimum Gasteiger partial charge on any atom is -0.351 e. The molecule has 0 bridgehead atoms. The molecule has 1 saturated heterocycles. The van der Waals surface area contributed by atoms with Crippen LogP contribution in [0.15, 0.2) is 43.0 Å². The molecule has 6 heteroatoms. The van der Waals surface area contributed by atoms with Crippen LogP contribution in [0, 0.1) is 0 Å². The Hall–Kier alpha value is -1.66. The molecular formula is C17H24N2O3S. The Balaban J connectivity index is 1.81. The van der Waals surface area contributed by atoms with Crippen molar-refractivity contribution in [3.63, 3.8) is 0 Å². The van der Waals surface area contributed by atoms with E-state index >= 15 is 0 Å². The molecule has 0 saturated carbocycles. The molecule has 2 rings (SSSR count). The highest BCUT2D eigenvalue weighted by Crippen LogP contribution is 2.11. The topological polar surface area (TPSA) is 66.5 Å². The smallest absolute Gasteiger partial charge is 0.234 e. The number of hydrogen-bond acceptors (Lipinski definition) is 4. The van der Waals surface area contributed by atoms with Gasteiger partial charge in [-0.2, -0.15) is 0 Å². The van der Waals surface area contributed by atoms with Gasteiger partial charge < -0.3 is 5.32 Å². The van der Waals surface area contributed by atoms with E-state index in [1.165, 1.54) is 5.56 Å². The highest BCUT2D eigenvalue weighted by atomic mass is 32.2. The van der Waals surface area contributed by atoms with Crippen molar-refractivity contribution in [2.75, 3.05) is 31.1 Å². The third-order valence-electron chi connectivity index (χ3n) is 3.91. The first-order chi connectivity index (χ1) is 11.0. The van der Waals surface area contributed by atoms with Gasteiger partial charge in [-0.05, 0) is 18.4 Å². The number of carbonyl (C=O) groups excluding carboxylic acids is 1. The number of hydrogen-bond donors (Lipinski definition) is 1. The maximum absolute atomic E-state index is 12.1. The lowest BCUT2D eigenvalue weighted by Gasteiger charge is -2.21. The van der Waals surface area contributed by atoms with Gasteiger partial charge in [-0.1, -0.05) is 36.4 Å². The van der Waals surface area contributed by atoms with E-state index in [2.05, 4.69) is 24.0 Å².